The maximum atomic E-state index is 4.45. The van der Waals surface area contributed by atoms with E-state index in [2.05, 4.69) is 25.7 Å². The molecule has 0 unspecified atom stereocenters. The van der Waals surface area contributed by atoms with Crippen molar-refractivity contribution in [2.45, 2.75) is 19.8 Å². The largest absolute Gasteiger partial charge is 0.369 e. The third-order valence-corrected chi connectivity index (χ3v) is 3.13. The van der Waals surface area contributed by atoms with Crippen molar-refractivity contribution in [3.63, 3.8) is 0 Å². The van der Waals surface area contributed by atoms with Gasteiger partial charge in [-0.3, -0.25) is 4.68 Å². The van der Waals surface area contributed by atoms with Gasteiger partial charge < -0.3 is 5.32 Å². The van der Waals surface area contributed by atoms with Gasteiger partial charge in [-0.15, -0.1) is 15.3 Å². The second kappa shape index (κ2) is 5.28. The molecule has 0 aliphatic rings. The Kier molecular flexibility index (Phi) is 3.32. The highest BCUT2D eigenvalue weighted by Crippen LogP contribution is 2.07. The molecule has 3 rings (SSSR count). The fraction of sp³-hybridized carbons (Fsp3) is 0.385. The van der Waals surface area contributed by atoms with Crippen molar-refractivity contribution in [3.05, 3.63) is 35.9 Å². The molecule has 0 amide bonds. The lowest BCUT2D eigenvalue weighted by Crippen LogP contribution is -2.07. The van der Waals surface area contributed by atoms with Crippen LogP contribution < -0.4 is 5.32 Å². The molecular weight excluding hydrogens is 254 g/mol. The van der Waals surface area contributed by atoms with Gasteiger partial charge in [0, 0.05) is 19.8 Å². The number of anilines is 1. The first-order valence-electron chi connectivity index (χ1n) is 6.63. The van der Waals surface area contributed by atoms with Gasteiger partial charge in [-0.25, -0.2) is 0 Å². The van der Waals surface area contributed by atoms with E-state index in [1.807, 2.05) is 43.2 Å². The molecule has 104 valence electrons. The molecule has 0 saturated heterocycles. The summed E-state index contributed by atoms with van der Waals surface area (Å²) in [4.78, 5) is 0. The summed E-state index contributed by atoms with van der Waals surface area (Å²) >= 11 is 0. The Morgan fingerprint density at radius 3 is 2.95 bits per heavy atom. The number of aryl methyl sites for hydroxylation is 3. The van der Waals surface area contributed by atoms with Crippen LogP contribution in [-0.2, 0) is 13.5 Å². The smallest absolute Gasteiger partial charge is 0.178 e. The standard InChI is InChI=1S/C13H17N7/c1-10-16-17-13-6-5-12(18-20(10)13)14-7-3-4-11-8-15-19(2)9-11/h5-6,8-9H,3-4,7H2,1-2H3,(H,14,18). The van der Waals surface area contributed by atoms with E-state index < -0.39 is 0 Å². The van der Waals surface area contributed by atoms with Crippen LogP contribution in [0.1, 0.15) is 17.8 Å². The summed E-state index contributed by atoms with van der Waals surface area (Å²) in [5, 5.41) is 19.9. The zero-order valence-corrected chi connectivity index (χ0v) is 11.6. The molecule has 0 aromatic carbocycles. The van der Waals surface area contributed by atoms with Gasteiger partial charge in [-0.1, -0.05) is 0 Å². The molecule has 20 heavy (non-hydrogen) atoms. The number of hydrogen-bond donors (Lipinski definition) is 1. The van der Waals surface area contributed by atoms with Gasteiger partial charge in [-0.05, 0) is 37.5 Å². The predicted molar refractivity (Wildman–Crippen MR) is 75.5 cm³/mol. The van der Waals surface area contributed by atoms with Crippen LogP contribution in [0, 0.1) is 6.92 Å². The van der Waals surface area contributed by atoms with Crippen molar-refractivity contribution in [1.82, 2.24) is 29.6 Å². The molecule has 3 heterocycles. The first-order chi connectivity index (χ1) is 9.72. The second-order valence-electron chi connectivity index (χ2n) is 4.79. The minimum Gasteiger partial charge on any atom is -0.369 e. The number of nitrogens with one attached hydrogen (secondary N) is 1. The summed E-state index contributed by atoms with van der Waals surface area (Å²) in [5.74, 6) is 1.63. The third kappa shape index (κ3) is 2.61. The molecule has 0 spiro atoms. The lowest BCUT2D eigenvalue weighted by atomic mass is 10.2. The summed E-state index contributed by atoms with van der Waals surface area (Å²) in [5.41, 5.74) is 2.02. The van der Waals surface area contributed by atoms with Gasteiger partial charge in [0.1, 0.15) is 5.82 Å². The zero-order chi connectivity index (χ0) is 13.9. The highest BCUT2D eigenvalue weighted by atomic mass is 15.4. The number of hydrogen-bond acceptors (Lipinski definition) is 5. The number of fused-ring (bicyclic) bond motifs is 1. The molecule has 7 nitrogen and oxygen atoms in total. The van der Waals surface area contributed by atoms with Crippen LogP contribution >= 0.6 is 0 Å². The molecule has 0 bridgehead atoms. The molecule has 0 saturated carbocycles. The SMILES string of the molecule is Cc1nnc2ccc(NCCCc3cnn(C)c3)nn12. The van der Waals surface area contributed by atoms with E-state index in [9.17, 15) is 0 Å². The van der Waals surface area contributed by atoms with Crippen LogP contribution in [0.25, 0.3) is 5.65 Å². The average molecular weight is 271 g/mol. The summed E-state index contributed by atoms with van der Waals surface area (Å²) in [6.07, 6.45) is 6.00. The van der Waals surface area contributed by atoms with E-state index in [0.29, 0.717) is 0 Å². The van der Waals surface area contributed by atoms with Crippen LogP contribution in [0.4, 0.5) is 5.82 Å². The zero-order valence-electron chi connectivity index (χ0n) is 11.6. The fourth-order valence-corrected chi connectivity index (χ4v) is 2.10. The third-order valence-electron chi connectivity index (χ3n) is 3.13. The van der Waals surface area contributed by atoms with E-state index in [1.54, 1.807) is 4.52 Å². The summed E-state index contributed by atoms with van der Waals surface area (Å²) < 4.78 is 3.57. The van der Waals surface area contributed by atoms with E-state index in [-0.39, 0.29) is 0 Å². The maximum Gasteiger partial charge on any atom is 0.178 e. The van der Waals surface area contributed by atoms with Gasteiger partial charge in [-0.2, -0.15) is 9.61 Å². The monoisotopic (exact) mass is 271 g/mol. The highest BCUT2D eigenvalue weighted by Gasteiger charge is 2.03. The second-order valence-corrected chi connectivity index (χ2v) is 4.79. The first-order valence-corrected chi connectivity index (χ1v) is 6.63. The van der Waals surface area contributed by atoms with E-state index in [0.717, 1.165) is 36.7 Å². The molecule has 7 heteroatoms. The quantitative estimate of drug-likeness (QED) is 0.706. The van der Waals surface area contributed by atoms with Gasteiger partial charge in [0.15, 0.2) is 11.5 Å². The van der Waals surface area contributed by atoms with Crippen molar-refractivity contribution in [1.29, 1.82) is 0 Å². The Morgan fingerprint density at radius 1 is 1.25 bits per heavy atom. The highest BCUT2D eigenvalue weighted by molar-refractivity contribution is 5.43. The van der Waals surface area contributed by atoms with Crippen LogP contribution in [0.5, 0.6) is 0 Å². The van der Waals surface area contributed by atoms with Crippen molar-refractivity contribution < 1.29 is 0 Å². The van der Waals surface area contributed by atoms with Gasteiger partial charge in [0.25, 0.3) is 0 Å². The van der Waals surface area contributed by atoms with Crippen LogP contribution in [0.2, 0.25) is 0 Å². The molecule has 0 aliphatic carbocycles. The Labute approximate surface area is 116 Å². The lowest BCUT2D eigenvalue weighted by molar-refractivity contribution is 0.765. The Morgan fingerprint density at radius 2 is 2.15 bits per heavy atom. The number of rotatable bonds is 5. The molecule has 1 N–H and O–H groups in total. The van der Waals surface area contributed by atoms with E-state index in [4.69, 9.17) is 0 Å². The molecule has 0 radical (unpaired) electrons. The van der Waals surface area contributed by atoms with E-state index >= 15 is 0 Å². The van der Waals surface area contributed by atoms with Crippen molar-refractivity contribution in [2.24, 2.45) is 7.05 Å². The van der Waals surface area contributed by atoms with Crippen molar-refractivity contribution in [2.75, 3.05) is 11.9 Å². The van der Waals surface area contributed by atoms with Gasteiger partial charge in [0.2, 0.25) is 0 Å². The Bertz CT molecular complexity index is 712. The summed E-state index contributed by atoms with van der Waals surface area (Å²) in [6, 6.07) is 3.84. The first kappa shape index (κ1) is 12.6. The Hall–Kier alpha value is -2.44. The summed E-state index contributed by atoms with van der Waals surface area (Å²) in [6.45, 7) is 2.76. The maximum absolute atomic E-state index is 4.45. The molecule has 0 atom stereocenters. The summed E-state index contributed by atoms with van der Waals surface area (Å²) in [7, 11) is 1.93. The van der Waals surface area contributed by atoms with Crippen LogP contribution in [0.3, 0.4) is 0 Å². The van der Waals surface area contributed by atoms with Gasteiger partial charge in [0.05, 0.1) is 6.20 Å². The van der Waals surface area contributed by atoms with Crippen LogP contribution in [-0.4, -0.2) is 36.1 Å². The number of nitrogens with zero attached hydrogens (tertiary/aromatic N) is 6. The normalized spacial score (nSPS) is 11.1. The minimum atomic E-state index is 0.767. The van der Waals surface area contributed by atoms with Crippen LogP contribution in [0.15, 0.2) is 24.5 Å². The van der Waals surface area contributed by atoms with Crippen molar-refractivity contribution >= 4 is 11.5 Å². The molecule has 3 aromatic heterocycles. The Balaban J connectivity index is 1.55. The minimum absolute atomic E-state index is 0.767. The van der Waals surface area contributed by atoms with Gasteiger partial charge >= 0.3 is 0 Å². The van der Waals surface area contributed by atoms with E-state index in [1.165, 1.54) is 5.56 Å². The topological polar surface area (TPSA) is 72.9 Å². The van der Waals surface area contributed by atoms with Crippen molar-refractivity contribution in [3.8, 4) is 0 Å². The average Bonchev–Trinajstić information content (AvgIpc) is 3.02. The molecule has 0 aliphatic heterocycles. The molecule has 3 aromatic rings. The number of aromatic nitrogens is 6. The predicted octanol–water partition coefficient (Wildman–Crippen LogP) is 1.21. The lowest BCUT2D eigenvalue weighted by Gasteiger charge is -2.05. The molecule has 0 fully saturated rings. The molecular formula is C13H17N7. The fourth-order valence-electron chi connectivity index (χ4n) is 2.10.